The van der Waals surface area contributed by atoms with Crippen LogP contribution in [0.4, 0.5) is 15.8 Å². The maximum atomic E-state index is 14.6. The summed E-state index contributed by atoms with van der Waals surface area (Å²) in [4.78, 5) is 22.0. The first-order valence-corrected chi connectivity index (χ1v) is 13.6. The normalized spacial score (nSPS) is 14.3. The van der Waals surface area contributed by atoms with Gasteiger partial charge >= 0.3 is 0 Å². The highest BCUT2D eigenvalue weighted by Gasteiger charge is 2.22. The number of halogens is 1. The molecule has 1 aliphatic heterocycles. The Morgan fingerprint density at radius 1 is 1.03 bits per heavy atom. The van der Waals surface area contributed by atoms with E-state index in [-0.39, 0.29) is 16.4 Å². The number of pyridine rings is 1. The van der Waals surface area contributed by atoms with Crippen LogP contribution in [0.15, 0.2) is 48.5 Å². The van der Waals surface area contributed by atoms with Gasteiger partial charge in [-0.05, 0) is 77.4 Å². The number of aryl methyl sites for hydroxylation is 1. The summed E-state index contributed by atoms with van der Waals surface area (Å²) < 4.78 is 14.6. The number of rotatable bonds is 8. The fraction of sp³-hybridized carbons (Fsp3) is 0.500. The molecule has 1 aromatic heterocycles. The van der Waals surface area contributed by atoms with Gasteiger partial charge in [0.05, 0.1) is 16.1 Å². The Morgan fingerprint density at radius 2 is 1.71 bits per heavy atom. The smallest absolute Gasteiger partial charge is 0.269 e. The van der Waals surface area contributed by atoms with Gasteiger partial charge in [-0.15, -0.1) is 0 Å². The minimum Gasteiger partial charge on any atom is -0.366 e. The van der Waals surface area contributed by atoms with Crippen molar-refractivity contribution in [2.45, 2.75) is 60.0 Å². The lowest BCUT2D eigenvalue weighted by atomic mass is 10.1. The second-order valence-corrected chi connectivity index (χ2v) is 10.4. The number of aromatic nitrogens is 1. The molecule has 0 bridgehead atoms. The van der Waals surface area contributed by atoms with Gasteiger partial charge in [0.25, 0.3) is 5.69 Å². The molecule has 3 aromatic rings. The molecule has 0 radical (unpaired) electrons. The molecule has 8 heteroatoms. The first-order valence-electron chi connectivity index (χ1n) is 13.6. The topological polar surface area (TPSA) is 65.8 Å². The van der Waals surface area contributed by atoms with Crippen molar-refractivity contribution in [2.75, 3.05) is 44.2 Å². The van der Waals surface area contributed by atoms with E-state index < -0.39 is 0 Å². The predicted molar refractivity (Wildman–Crippen MR) is 155 cm³/mol. The molecule has 2 aromatic carbocycles. The maximum Gasteiger partial charge on any atom is 0.269 e. The fourth-order valence-electron chi connectivity index (χ4n) is 5.22. The Bertz CT molecular complexity index is 1200. The third kappa shape index (κ3) is 7.71. The van der Waals surface area contributed by atoms with Crippen LogP contribution in [0, 0.1) is 22.9 Å². The van der Waals surface area contributed by atoms with Crippen molar-refractivity contribution in [3.8, 4) is 0 Å². The van der Waals surface area contributed by atoms with Crippen molar-refractivity contribution in [1.29, 1.82) is 0 Å². The molecule has 0 aliphatic carbocycles. The molecule has 0 N–H and O–H groups in total. The van der Waals surface area contributed by atoms with Gasteiger partial charge in [-0.2, -0.15) is 0 Å². The monoisotopic (exact) mass is 523 g/mol. The Hall–Kier alpha value is -3.10. The number of hydrogen-bond donors (Lipinski definition) is 0. The van der Waals surface area contributed by atoms with Crippen LogP contribution in [0.5, 0.6) is 0 Å². The zero-order valence-corrected chi connectivity index (χ0v) is 23.7. The minimum atomic E-state index is -0.364. The molecule has 1 saturated heterocycles. The summed E-state index contributed by atoms with van der Waals surface area (Å²) in [5.41, 5.74) is 3.45. The zero-order chi connectivity index (χ0) is 27.8. The number of benzene rings is 2. The number of nitro groups is 1. The van der Waals surface area contributed by atoms with Gasteiger partial charge in [0.15, 0.2) is 0 Å². The molecule has 2 heterocycles. The van der Waals surface area contributed by atoms with Gasteiger partial charge in [-0.1, -0.05) is 19.1 Å². The van der Waals surface area contributed by atoms with Crippen LogP contribution in [-0.4, -0.2) is 71.1 Å². The molecule has 0 saturated carbocycles. The number of fused-ring (bicyclic) bond motifs is 1. The van der Waals surface area contributed by atoms with E-state index in [4.69, 9.17) is 0 Å². The maximum absolute atomic E-state index is 14.6. The van der Waals surface area contributed by atoms with Gasteiger partial charge < -0.3 is 4.90 Å². The molecule has 7 nitrogen and oxygen atoms in total. The Balaban J connectivity index is 0.000000383. The van der Waals surface area contributed by atoms with Gasteiger partial charge in [-0.25, -0.2) is 4.39 Å². The molecular weight excluding hydrogens is 481 g/mol. The molecule has 0 amide bonds. The van der Waals surface area contributed by atoms with Crippen LogP contribution in [-0.2, 0) is 6.42 Å². The number of non-ortho nitro benzene ring substituents is 1. The summed E-state index contributed by atoms with van der Waals surface area (Å²) in [5.74, 6) is -0.215. The molecule has 1 aliphatic rings. The zero-order valence-electron chi connectivity index (χ0n) is 23.7. The summed E-state index contributed by atoms with van der Waals surface area (Å²) in [5, 5.41) is 11.8. The summed E-state index contributed by atoms with van der Waals surface area (Å²) >= 11 is 0. The van der Waals surface area contributed by atoms with Crippen LogP contribution < -0.4 is 4.90 Å². The number of piperazine rings is 1. The van der Waals surface area contributed by atoms with Crippen LogP contribution in [0.2, 0.25) is 0 Å². The van der Waals surface area contributed by atoms with Crippen molar-refractivity contribution in [3.63, 3.8) is 0 Å². The highest BCUT2D eigenvalue weighted by molar-refractivity contribution is 5.92. The second kappa shape index (κ2) is 13.6. The van der Waals surface area contributed by atoms with E-state index in [0.717, 1.165) is 67.8 Å². The molecular formula is C30H42FN5O2. The minimum absolute atomic E-state index is 0.127. The van der Waals surface area contributed by atoms with Gasteiger partial charge in [0.1, 0.15) is 5.82 Å². The first-order chi connectivity index (χ1) is 18.1. The lowest BCUT2D eigenvalue weighted by molar-refractivity contribution is -0.384. The summed E-state index contributed by atoms with van der Waals surface area (Å²) in [6.45, 7) is 18.2. The Kier molecular flexibility index (Phi) is 10.6. The highest BCUT2D eigenvalue weighted by atomic mass is 19.1. The van der Waals surface area contributed by atoms with Crippen molar-refractivity contribution >= 4 is 22.3 Å². The second-order valence-electron chi connectivity index (χ2n) is 10.4. The van der Waals surface area contributed by atoms with E-state index in [1.54, 1.807) is 18.2 Å². The summed E-state index contributed by atoms with van der Waals surface area (Å²) in [7, 11) is 0. The van der Waals surface area contributed by atoms with Gasteiger partial charge in [-0.3, -0.25) is 24.9 Å². The molecule has 4 rings (SSSR count). The number of nitrogens with zero attached hydrogens (tertiary/aromatic N) is 5. The lowest BCUT2D eigenvalue weighted by Gasteiger charge is -2.36. The lowest BCUT2D eigenvalue weighted by Crippen LogP contribution is -2.47. The van der Waals surface area contributed by atoms with E-state index in [9.17, 15) is 14.5 Å². The third-order valence-corrected chi connectivity index (χ3v) is 7.15. The van der Waals surface area contributed by atoms with E-state index in [0.29, 0.717) is 17.8 Å². The number of hydrogen-bond acceptors (Lipinski definition) is 6. The average Bonchev–Trinajstić information content (AvgIpc) is 2.88. The summed E-state index contributed by atoms with van der Waals surface area (Å²) in [6, 6.07) is 15.3. The van der Waals surface area contributed by atoms with Crippen molar-refractivity contribution < 1.29 is 9.31 Å². The summed E-state index contributed by atoms with van der Waals surface area (Å²) in [6.07, 6.45) is 0.757. The van der Waals surface area contributed by atoms with E-state index in [2.05, 4.69) is 54.3 Å². The third-order valence-electron chi connectivity index (χ3n) is 7.15. The average molecular weight is 524 g/mol. The van der Waals surface area contributed by atoms with Crippen molar-refractivity contribution in [1.82, 2.24) is 14.8 Å². The standard InChI is InChI=1S/C22H23FN4O2.C8H19N/c1-16-5-6-19-21(24-16)8-7-20(23)22(19)26-13-11-25(12-14-26)10-9-17-3-2-4-18(15-17)27(28)29;1-6-9(7(2)3)8(4)5/h2-8,15H,9-14H2,1H3;7-8H,6H2,1-5H3. The number of nitro benzene ring substituents is 1. The number of anilines is 1. The molecule has 0 atom stereocenters. The fourth-order valence-corrected chi connectivity index (χ4v) is 5.22. The molecule has 0 unspecified atom stereocenters. The van der Waals surface area contributed by atoms with Crippen molar-refractivity contribution in [3.05, 3.63) is 75.7 Å². The predicted octanol–water partition coefficient (Wildman–Crippen LogP) is 6.08. The largest absolute Gasteiger partial charge is 0.366 e. The van der Waals surface area contributed by atoms with Crippen LogP contribution in [0.1, 0.15) is 45.9 Å². The first kappa shape index (κ1) is 29.5. The SMILES string of the molecule is CCN(C(C)C)C(C)C.Cc1ccc2c(N3CCN(CCc4cccc([N+](=O)[O-])c4)CC3)c(F)ccc2n1. The van der Waals surface area contributed by atoms with Gasteiger partial charge in [0, 0.05) is 68.0 Å². The molecule has 0 spiro atoms. The Labute approximate surface area is 226 Å². The Morgan fingerprint density at radius 3 is 2.29 bits per heavy atom. The quantitative estimate of drug-likeness (QED) is 0.263. The molecule has 206 valence electrons. The van der Waals surface area contributed by atoms with Crippen LogP contribution in [0.3, 0.4) is 0 Å². The highest BCUT2D eigenvalue weighted by Crippen LogP contribution is 2.30. The van der Waals surface area contributed by atoms with E-state index in [1.807, 2.05) is 25.1 Å². The molecule has 1 fully saturated rings. The van der Waals surface area contributed by atoms with E-state index in [1.165, 1.54) is 12.1 Å². The van der Waals surface area contributed by atoms with E-state index >= 15 is 0 Å². The van der Waals surface area contributed by atoms with Gasteiger partial charge in [0.2, 0.25) is 0 Å². The van der Waals surface area contributed by atoms with Crippen LogP contribution in [0.25, 0.3) is 10.9 Å². The molecule has 38 heavy (non-hydrogen) atoms. The van der Waals surface area contributed by atoms with Crippen LogP contribution >= 0.6 is 0 Å². The van der Waals surface area contributed by atoms with Crippen molar-refractivity contribution in [2.24, 2.45) is 0 Å².